The number of nitrogens with one attached hydrogen (secondary N) is 1. The van der Waals surface area contributed by atoms with Gasteiger partial charge in [-0.15, -0.1) is 0 Å². The van der Waals surface area contributed by atoms with Gasteiger partial charge in [-0.05, 0) is 87.8 Å². The summed E-state index contributed by atoms with van der Waals surface area (Å²) >= 11 is 3.74. The van der Waals surface area contributed by atoms with Crippen molar-refractivity contribution in [2.75, 3.05) is 13.2 Å². The van der Waals surface area contributed by atoms with E-state index in [0.29, 0.717) is 18.8 Å². The molecule has 4 fully saturated rings. The fourth-order valence-electron chi connectivity index (χ4n) is 5.86. The second-order valence-electron chi connectivity index (χ2n) is 8.31. The van der Waals surface area contributed by atoms with Gasteiger partial charge >= 0.3 is 0 Å². The van der Waals surface area contributed by atoms with Crippen molar-refractivity contribution in [2.45, 2.75) is 64.5 Å². The lowest BCUT2D eigenvalue weighted by atomic mass is 9.53. The SMILES string of the molecule is CCOc1cc(Br)c(CNC23CC4CC(CC(C4)C2)C3)cc1OCC. The Morgan fingerprint density at radius 2 is 1.48 bits per heavy atom. The molecule has 0 aromatic heterocycles. The Kier molecular flexibility index (Phi) is 5.02. The van der Waals surface area contributed by atoms with Gasteiger partial charge in [0, 0.05) is 16.6 Å². The van der Waals surface area contributed by atoms with Crippen LogP contribution >= 0.6 is 15.9 Å². The van der Waals surface area contributed by atoms with Crippen LogP contribution in [0.3, 0.4) is 0 Å². The van der Waals surface area contributed by atoms with Gasteiger partial charge in [0.2, 0.25) is 0 Å². The average Bonchev–Trinajstić information content (AvgIpc) is 2.55. The largest absolute Gasteiger partial charge is 0.490 e. The second kappa shape index (κ2) is 7.11. The molecule has 0 spiro atoms. The Labute approximate surface area is 160 Å². The third-order valence-corrected chi connectivity index (χ3v) is 7.14. The molecule has 138 valence electrons. The lowest BCUT2D eigenvalue weighted by Crippen LogP contribution is -2.58. The highest BCUT2D eigenvalue weighted by Gasteiger charge is 2.50. The minimum absolute atomic E-state index is 0.387. The number of halogens is 1. The van der Waals surface area contributed by atoms with Gasteiger partial charge in [-0.2, -0.15) is 0 Å². The Bertz CT molecular complexity index is 595. The lowest BCUT2D eigenvalue weighted by Gasteiger charge is -2.57. The molecule has 4 aliphatic rings. The average molecular weight is 408 g/mol. The second-order valence-corrected chi connectivity index (χ2v) is 9.16. The van der Waals surface area contributed by atoms with E-state index in [-0.39, 0.29) is 0 Å². The molecule has 0 aliphatic heterocycles. The molecule has 1 N–H and O–H groups in total. The van der Waals surface area contributed by atoms with Gasteiger partial charge in [0.25, 0.3) is 0 Å². The molecule has 4 bridgehead atoms. The normalized spacial score (nSPS) is 32.8. The number of benzene rings is 1. The van der Waals surface area contributed by atoms with Crippen molar-refractivity contribution in [3.63, 3.8) is 0 Å². The van der Waals surface area contributed by atoms with Gasteiger partial charge in [0.05, 0.1) is 13.2 Å². The van der Waals surface area contributed by atoms with Crippen LogP contribution in [0.2, 0.25) is 0 Å². The molecule has 4 aliphatic carbocycles. The Morgan fingerprint density at radius 3 is 2.00 bits per heavy atom. The molecule has 0 unspecified atom stereocenters. The van der Waals surface area contributed by atoms with Gasteiger partial charge in [0.15, 0.2) is 11.5 Å². The van der Waals surface area contributed by atoms with Gasteiger partial charge in [-0.3, -0.25) is 0 Å². The molecule has 4 heteroatoms. The van der Waals surface area contributed by atoms with Crippen molar-refractivity contribution < 1.29 is 9.47 Å². The molecule has 1 aromatic rings. The maximum atomic E-state index is 5.81. The molecular formula is C21H30BrNO2. The number of hydrogen-bond acceptors (Lipinski definition) is 3. The van der Waals surface area contributed by atoms with E-state index >= 15 is 0 Å². The topological polar surface area (TPSA) is 30.5 Å². The van der Waals surface area contributed by atoms with E-state index in [2.05, 4.69) is 33.4 Å². The highest BCUT2D eigenvalue weighted by Crippen LogP contribution is 2.55. The monoisotopic (exact) mass is 407 g/mol. The highest BCUT2D eigenvalue weighted by molar-refractivity contribution is 9.10. The van der Waals surface area contributed by atoms with E-state index in [1.165, 1.54) is 44.1 Å². The van der Waals surface area contributed by atoms with E-state index in [1.807, 2.05) is 13.8 Å². The van der Waals surface area contributed by atoms with Crippen LogP contribution in [0.15, 0.2) is 16.6 Å². The minimum Gasteiger partial charge on any atom is -0.490 e. The van der Waals surface area contributed by atoms with Crippen LogP contribution in [0.25, 0.3) is 0 Å². The summed E-state index contributed by atoms with van der Waals surface area (Å²) in [6.45, 7) is 6.23. The molecular weight excluding hydrogens is 378 g/mol. The minimum atomic E-state index is 0.387. The van der Waals surface area contributed by atoms with Crippen LogP contribution in [0, 0.1) is 17.8 Å². The summed E-state index contributed by atoms with van der Waals surface area (Å²) in [6, 6.07) is 4.21. The number of ether oxygens (including phenoxy) is 2. The first kappa shape index (κ1) is 17.7. The summed E-state index contributed by atoms with van der Waals surface area (Å²) in [6.07, 6.45) is 8.61. The van der Waals surface area contributed by atoms with E-state index in [9.17, 15) is 0 Å². The Morgan fingerprint density at radius 1 is 0.960 bits per heavy atom. The zero-order valence-electron chi connectivity index (χ0n) is 15.4. The van der Waals surface area contributed by atoms with E-state index in [4.69, 9.17) is 9.47 Å². The highest BCUT2D eigenvalue weighted by atomic mass is 79.9. The first-order valence-corrected chi connectivity index (χ1v) is 10.7. The fourth-order valence-corrected chi connectivity index (χ4v) is 6.32. The van der Waals surface area contributed by atoms with Gasteiger partial charge in [-0.25, -0.2) is 0 Å². The van der Waals surface area contributed by atoms with Crippen LogP contribution in [0.5, 0.6) is 11.5 Å². The van der Waals surface area contributed by atoms with Crippen LogP contribution in [0.4, 0.5) is 0 Å². The smallest absolute Gasteiger partial charge is 0.162 e. The molecule has 0 atom stereocenters. The van der Waals surface area contributed by atoms with E-state index in [1.54, 1.807) is 0 Å². The third-order valence-electron chi connectivity index (χ3n) is 6.40. The number of hydrogen-bond donors (Lipinski definition) is 1. The van der Waals surface area contributed by atoms with Crippen LogP contribution in [-0.4, -0.2) is 18.8 Å². The van der Waals surface area contributed by atoms with Crippen molar-refractivity contribution in [3.8, 4) is 11.5 Å². The molecule has 0 saturated heterocycles. The molecule has 0 amide bonds. The van der Waals surface area contributed by atoms with Gasteiger partial charge in [0.1, 0.15) is 0 Å². The summed E-state index contributed by atoms with van der Waals surface area (Å²) in [4.78, 5) is 0. The molecule has 1 aromatic carbocycles. The summed E-state index contributed by atoms with van der Waals surface area (Å²) in [5.41, 5.74) is 1.65. The zero-order valence-corrected chi connectivity index (χ0v) is 17.0. The van der Waals surface area contributed by atoms with Crippen LogP contribution in [0.1, 0.15) is 57.9 Å². The van der Waals surface area contributed by atoms with Crippen molar-refractivity contribution in [2.24, 2.45) is 17.8 Å². The zero-order chi connectivity index (χ0) is 17.4. The molecule has 0 heterocycles. The predicted molar refractivity (Wildman–Crippen MR) is 104 cm³/mol. The fraction of sp³-hybridized carbons (Fsp3) is 0.714. The van der Waals surface area contributed by atoms with Gasteiger partial charge < -0.3 is 14.8 Å². The first-order valence-electron chi connectivity index (χ1n) is 9.94. The first-order chi connectivity index (χ1) is 12.1. The van der Waals surface area contributed by atoms with Crippen molar-refractivity contribution in [1.82, 2.24) is 5.32 Å². The number of rotatable bonds is 7. The molecule has 4 saturated carbocycles. The standard InChI is InChI=1S/C21H30BrNO2/c1-3-24-19-8-17(18(22)9-20(19)25-4-2)13-23-21-10-14-5-15(11-21)7-16(6-14)12-21/h8-9,14-16,23H,3-7,10-13H2,1-2H3. The van der Waals surface area contributed by atoms with E-state index in [0.717, 1.165) is 40.3 Å². The van der Waals surface area contributed by atoms with Crippen molar-refractivity contribution >= 4 is 15.9 Å². The van der Waals surface area contributed by atoms with Gasteiger partial charge in [-0.1, -0.05) is 15.9 Å². The third kappa shape index (κ3) is 3.57. The predicted octanol–water partition coefficient (Wildman–Crippen LogP) is 5.30. The molecule has 5 rings (SSSR count). The summed E-state index contributed by atoms with van der Waals surface area (Å²) in [5, 5.41) is 3.98. The van der Waals surface area contributed by atoms with Crippen molar-refractivity contribution in [1.29, 1.82) is 0 Å². The Hall–Kier alpha value is -0.740. The molecule has 25 heavy (non-hydrogen) atoms. The Balaban J connectivity index is 1.50. The van der Waals surface area contributed by atoms with Crippen molar-refractivity contribution in [3.05, 3.63) is 22.2 Å². The quantitative estimate of drug-likeness (QED) is 0.664. The summed E-state index contributed by atoms with van der Waals surface area (Å²) in [5.74, 6) is 4.61. The molecule has 0 radical (unpaired) electrons. The maximum absolute atomic E-state index is 5.81. The lowest BCUT2D eigenvalue weighted by molar-refractivity contribution is -0.0206. The molecule has 3 nitrogen and oxygen atoms in total. The summed E-state index contributed by atoms with van der Waals surface area (Å²) < 4.78 is 12.6. The van der Waals surface area contributed by atoms with E-state index < -0.39 is 0 Å². The maximum Gasteiger partial charge on any atom is 0.162 e. The van der Waals surface area contributed by atoms with Crippen LogP contribution < -0.4 is 14.8 Å². The van der Waals surface area contributed by atoms with Crippen LogP contribution in [-0.2, 0) is 6.54 Å². The summed E-state index contributed by atoms with van der Waals surface area (Å²) in [7, 11) is 0.